The second-order valence-electron chi connectivity index (χ2n) is 17.4. The predicted molar refractivity (Wildman–Crippen MR) is 256 cm³/mol. The van der Waals surface area contributed by atoms with Crippen molar-refractivity contribution in [2.24, 2.45) is 0 Å². The van der Waals surface area contributed by atoms with Gasteiger partial charge in [-0.15, -0.1) is 0 Å². The molecule has 0 saturated carbocycles. The van der Waals surface area contributed by atoms with E-state index in [4.69, 9.17) is 14.2 Å². The molecule has 6 nitrogen and oxygen atoms in total. The highest BCUT2D eigenvalue weighted by Crippen LogP contribution is 2.16. The highest BCUT2D eigenvalue weighted by Gasteiger charge is 2.19. The molecule has 0 unspecified atom stereocenters. The topological polar surface area (TPSA) is 78.9 Å². The van der Waals surface area contributed by atoms with E-state index in [0.29, 0.717) is 19.3 Å². The molecule has 350 valence electrons. The number of unbranched alkanes of at least 4 members (excludes halogenated alkanes) is 30. The Bertz CT molecular complexity index is 1020. The van der Waals surface area contributed by atoms with Gasteiger partial charge >= 0.3 is 17.9 Å². The first kappa shape index (κ1) is 57.6. The van der Waals surface area contributed by atoms with Gasteiger partial charge in [0.25, 0.3) is 0 Å². The van der Waals surface area contributed by atoms with Crippen molar-refractivity contribution >= 4 is 17.9 Å². The van der Waals surface area contributed by atoms with Gasteiger partial charge in [0, 0.05) is 19.3 Å². The minimum Gasteiger partial charge on any atom is -0.462 e. The van der Waals surface area contributed by atoms with Gasteiger partial charge in [0.15, 0.2) is 6.10 Å². The summed E-state index contributed by atoms with van der Waals surface area (Å²) in [5.74, 6) is -0.878. The summed E-state index contributed by atoms with van der Waals surface area (Å²) in [6, 6.07) is 0. The minimum absolute atomic E-state index is 0.0733. The maximum Gasteiger partial charge on any atom is 0.306 e. The van der Waals surface area contributed by atoms with Crippen molar-refractivity contribution in [1.29, 1.82) is 0 Å². The number of hydrogen-bond donors (Lipinski definition) is 0. The molecule has 0 aromatic rings. The van der Waals surface area contributed by atoms with Crippen LogP contribution in [0.15, 0.2) is 36.5 Å². The van der Waals surface area contributed by atoms with Crippen molar-refractivity contribution in [2.45, 2.75) is 277 Å². The van der Waals surface area contributed by atoms with Crippen molar-refractivity contribution in [3.8, 4) is 0 Å². The van der Waals surface area contributed by atoms with Gasteiger partial charge in [0.1, 0.15) is 13.2 Å². The van der Waals surface area contributed by atoms with Crippen LogP contribution in [0.25, 0.3) is 0 Å². The van der Waals surface area contributed by atoms with E-state index in [1.807, 2.05) is 0 Å². The predicted octanol–water partition coefficient (Wildman–Crippen LogP) is 16.9. The Morgan fingerprint density at radius 1 is 0.350 bits per heavy atom. The van der Waals surface area contributed by atoms with E-state index in [1.165, 1.54) is 135 Å². The Morgan fingerprint density at radius 2 is 0.650 bits per heavy atom. The zero-order chi connectivity index (χ0) is 43.7. The summed E-state index contributed by atoms with van der Waals surface area (Å²) in [4.78, 5) is 38.0. The Morgan fingerprint density at radius 3 is 1.02 bits per heavy atom. The third kappa shape index (κ3) is 46.7. The lowest BCUT2D eigenvalue weighted by molar-refractivity contribution is -0.167. The second kappa shape index (κ2) is 49.3. The molecule has 0 bridgehead atoms. The van der Waals surface area contributed by atoms with E-state index in [-0.39, 0.29) is 31.1 Å². The van der Waals surface area contributed by atoms with Gasteiger partial charge in [0.2, 0.25) is 0 Å². The molecule has 0 aliphatic rings. The fraction of sp³-hybridized carbons (Fsp3) is 0.833. The van der Waals surface area contributed by atoms with Crippen molar-refractivity contribution < 1.29 is 28.6 Å². The first-order chi connectivity index (χ1) is 29.5. The maximum absolute atomic E-state index is 12.8. The standard InChI is InChI=1S/C54H98O6/c1-4-7-10-13-16-19-22-25-27-30-32-35-38-41-44-47-53(56)59-50-51(49-58-52(55)46-43-40-37-34-31-28-24-21-18-15-12-9-6-3)60-54(57)48-45-42-39-36-33-29-26-23-20-17-14-11-8-5-2/h7,10,16,19,25,27,51H,4-6,8-9,11-15,17-18,20-24,26,28-50H2,1-3H3/b10-7-,19-16-,27-25-/t51-/m1/s1. The lowest BCUT2D eigenvalue weighted by Crippen LogP contribution is -2.30. The summed E-state index contributed by atoms with van der Waals surface area (Å²) in [7, 11) is 0. The number of carbonyl (C=O) groups excluding carboxylic acids is 3. The molecule has 0 N–H and O–H groups in total. The van der Waals surface area contributed by atoms with Crippen LogP contribution in [0.2, 0.25) is 0 Å². The van der Waals surface area contributed by atoms with Crippen LogP contribution in [0.1, 0.15) is 271 Å². The molecule has 0 rings (SSSR count). The first-order valence-corrected chi connectivity index (χ1v) is 26.0. The van der Waals surface area contributed by atoms with Crippen LogP contribution in [-0.2, 0) is 28.6 Å². The summed E-state index contributed by atoms with van der Waals surface area (Å²) in [6.07, 6.45) is 56.9. The summed E-state index contributed by atoms with van der Waals surface area (Å²) in [5.41, 5.74) is 0. The molecular formula is C54H98O6. The molecule has 0 spiro atoms. The quantitative estimate of drug-likeness (QED) is 0.0263. The van der Waals surface area contributed by atoms with Crippen LogP contribution in [0, 0.1) is 0 Å². The van der Waals surface area contributed by atoms with Gasteiger partial charge in [0.05, 0.1) is 0 Å². The van der Waals surface area contributed by atoms with Crippen LogP contribution in [0.3, 0.4) is 0 Å². The van der Waals surface area contributed by atoms with E-state index in [9.17, 15) is 14.4 Å². The monoisotopic (exact) mass is 843 g/mol. The maximum atomic E-state index is 12.8. The molecule has 0 amide bonds. The number of carbonyl (C=O) groups is 3. The fourth-order valence-electron chi connectivity index (χ4n) is 7.52. The lowest BCUT2D eigenvalue weighted by Gasteiger charge is -2.18. The molecule has 1 atom stereocenters. The minimum atomic E-state index is -0.773. The van der Waals surface area contributed by atoms with E-state index in [0.717, 1.165) is 96.3 Å². The molecular weight excluding hydrogens is 745 g/mol. The smallest absolute Gasteiger partial charge is 0.306 e. The zero-order valence-corrected chi connectivity index (χ0v) is 40.0. The molecule has 6 heteroatoms. The Balaban J connectivity index is 4.37. The average Bonchev–Trinajstić information content (AvgIpc) is 3.24. The molecule has 0 fully saturated rings. The molecule has 0 aliphatic carbocycles. The normalized spacial score (nSPS) is 12.2. The number of rotatable bonds is 47. The van der Waals surface area contributed by atoms with Crippen LogP contribution in [0.4, 0.5) is 0 Å². The third-order valence-electron chi connectivity index (χ3n) is 11.4. The van der Waals surface area contributed by atoms with Crippen LogP contribution >= 0.6 is 0 Å². The van der Waals surface area contributed by atoms with Crippen LogP contribution in [-0.4, -0.2) is 37.2 Å². The van der Waals surface area contributed by atoms with Gasteiger partial charge in [-0.3, -0.25) is 14.4 Å². The summed E-state index contributed by atoms with van der Waals surface area (Å²) in [5, 5.41) is 0. The summed E-state index contributed by atoms with van der Waals surface area (Å²) in [6.45, 7) is 6.54. The number of allylic oxidation sites excluding steroid dienone is 6. The highest BCUT2D eigenvalue weighted by molar-refractivity contribution is 5.71. The van der Waals surface area contributed by atoms with E-state index in [2.05, 4.69) is 57.2 Å². The Labute approximate surface area is 372 Å². The Kier molecular flexibility index (Phi) is 47.3. The van der Waals surface area contributed by atoms with Gasteiger partial charge < -0.3 is 14.2 Å². The Hall–Kier alpha value is -2.37. The number of esters is 3. The molecule has 60 heavy (non-hydrogen) atoms. The van der Waals surface area contributed by atoms with Crippen molar-refractivity contribution in [3.05, 3.63) is 36.5 Å². The number of hydrogen-bond acceptors (Lipinski definition) is 6. The molecule has 0 radical (unpaired) electrons. The highest BCUT2D eigenvalue weighted by atomic mass is 16.6. The SMILES string of the molecule is CC/C=C\C/C=C\C/C=C\CCCCCCCC(=O)OC[C@@H](COC(=O)CCCCCCCCCCCCCCC)OC(=O)CCCCCCCCCCCCCCCC. The van der Waals surface area contributed by atoms with Crippen LogP contribution in [0.5, 0.6) is 0 Å². The average molecular weight is 843 g/mol. The summed E-state index contributed by atoms with van der Waals surface area (Å²) >= 11 is 0. The fourth-order valence-corrected chi connectivity index (χ4v) is 7.52. The van der Waals surface area contributed by atoms with E-state index < -0.39 is 6.10 Å². The van der Waals surface area contributed by atoms with Gasteiger partial charge in [-0.1, -0.05) is 237 Å². The van der Waals surface area contributed by atoms with Gasteiger partial charge in [-0.05, 0) is 51.4 Å². The van der Waals surface area contributed by atoms with Gasteiger partial charge in [-0.25, -0.2) is 0 Å². The third-order valence-corrected chi connectivity index (χ3v) is 11.4. The van der Waals surface area contributed by atoms with E-state index >= 15 is 0 Å². The van der Waals surface area contributed by atoms with Crippen LogP contribution < -0.4 is 0 Å². The van der Waals surface area contributed by atoms with Crippen molar-refractivity contribution in [3.63, 3.8) is 0 Å². The molecule has 0 aromatic heterocycles. The zero-order valence-electron chi connectivity index (χ0n) is 40.0. The first-order valence-electron chi connectivity index (χ1n) is 26.0. The van der Waals surface area contributed by atoms with Crippen molar-refractivity contribution in [1.82, 2.24) is 0 Å². The summed E-state index contributed by atoms with van der Waals surface area (Å²) < 4.78 is 16.8. The molecule has 0 aromatic carbocycles. The van der Waals surface area contributed by atoms with E-state index in [1.54, 1.807) is 0 Å². The molecule has 0 heterocycles. The second-order valence-corrected chi connectivity index (χ2v) is 17.4. The largest absolute Gasteiger partial charge is 0.462 e. The van der Waals surface area contributed by atoms with Crippen molar-refractivity contribution in [2.75, 3.05) is 13.2 Å². The molecule has 0 saturated heterocycles. The lowest BCUT2D eigenvalue weighted by atomic mass is 10.0. The van der Waals surface area contributed by atoms with Gasteiger partial charge in [-0.2, -0.15) is 0 Å². The molecule has 0 aliphatic heterocycles. The number of ether oxygens (including phenoxy) is 3.